The van der Waals surface area contributed by atoms with E-state index in [9.17, 15) is 23.9 Å². The molecule has 0 spiro atoms. The smallest absolute Gasteiger partial charge is 0.407 e. The van der Waals surface area contributed by atoms with Gasteiger partial charge < -0.3 is 20.5 Å². The molecule has 7 nitrogen and oxygen atoms in total. The van der Waals surface area contributed by atoms with Crippen molar-refractivity contribution in [2.75, 3.05) is 6.61 Å². The molecule has 2 amide bonds. The van der Waals surface area contributed by atoms with Crippen molar-refractivity contribution in [3.05, 3.63) is 95.3 Å². The van der Waals surface area contributed by atoms with Crippen LogP contribution in [0.2, 0.25) is 0 Å². The molecule has 0 aromatic heterocycles. The largest absolute Gasteiger partial charge is 0.481 e. The Hall–Kier alpha value is -4.20. The van der Waals surface area contributed by atoms with Gasteiger partial charge in [0.1, 0.15) is 18.5 Å². The molecule has 3 N–H and O–H groups in total. The Labute approximate surface area is 201 Å². The van der Waals surface area contributed by atoms with Gasteiger partial charge in [-0.1, -0.05) is 60.7 Å². The van der Waals surface area contributed by atoms with E-state index >= 15 is 0 Å². The van der Waals surface area contributed by atoms with Crippen LogP contribution in [0, 0.1) is 5.82 Å². The van der Waals surface area contributed by atoms with E-state index in [4.69, 9.17) is 4.74 Å². The summed E-state index contributed by atoms with van der Waals surface area (Å²) in [5.74, 6) is -2.60. The standard InChI is InChI=1S/C27H25FN2O5/c1-16(17-7-6-8-18(28)13-17)29-26(33)24(14-25(31)32)30-27(34)35-15-23-21-11-4-2-9-19(21)20-10-3-5-12-22(20)23/h2-13,16,23-24H,14-15H2,1H3,(H,29,33)(H,30,34)(H,31,32)/t16-,24?/m0/s1. The number of nitrogens with one attached hydrogen (secondary N) is 2. The second-order valence-corrected chi connectivity index (χ2v) is 8.41. The Kier molecular flexibility index (Phi) is 7.10. The summed E-state index contributed by atoms with van der Waals surface area (Å²) in [5.41, 5.74) is 4.72. The number of benzene rings is 3. The molecule has 0 saturated carbocycles. The first-order valence-corrected chi connectivity index (χ1v) is 11.2. The van der Waals surface area contributed by atoms with Gasteiger partial charge in [-0.05, 0) is 46.9 Å². The number of ether oxygens (including phenoxy) is 1. The van der Waals surface area contributed by atoms with Crippen molar-refractivity contribution < 1.29 is 28.6 Å². The van der Waals surface area contributed by atoms with Crippen LogP contribution in [0.25, 0.3) is 11.1 Å². The van der Waals surface area contributed by atoms with Gasteiger partial charge in [-0.2, -0.15) is 0 Å². The van der Waals surface area contributed by atoms with E-state index < -0.39 is 42.3 Å². The summed E-state index contributed by atoms with van der Waals surface area (Å²) in [6.45, 7) is 1.67. The monoisotopic (exact) mass is 476 g/mol. The van der Waals surface area contributed by atoms with E-state index in [0.29, 0.717) is 5.56 Å². The van der Waals surface area contributed by atoms with E-state index in [1.807, 2.05) is 48.5 Å². The minimum atomic E-state index is -1.36. The lowest BCUT2D eigenvalue weighted by molar-refractivity contribution is -0.140. The van der Waals surface area contributed by atoms with E-state index in [0.717, 1.165) is 22.3 Å². The van der Waals surface area contributed by atoms with E-state index in [2.05, 4.69) is 10.6 Å². The summed E-state index contributed by atoms with van der Waals surface area (Å²) >= 11 is 0. The molecule has 2 atom stereocenters. The average molecular weight is 477 g/mol. The number of carboxylic acids is 1. The normalized spacial score (nSPS) is 13.8. The van der Waals surface area contributed by atoms with Gasteiger partial charge in [0, 0.05) is 5.92 Å². The highest BCUT2D eigenvalue weighted by Gasteiger charge is 2.30. The second kappa shape index (κ2) is 10.4. The molecule has 4 rings (SSSR count). The van der Waals surface area contributed by atoms with Crippen molar-refractivity contribution >= 4 is 18.0 Å². The van der Waals surface area contributed by atoms with Crippen molar-refractivity contribution in [2.24, 2.45) is 0 Å². The second-order valence-electron chi connectivity index (χ2n) is 8.41. The fraction of sp³-hybridized carbons (Fsp3) is 0.222. The lowest BCUT2D eigenvalue weighted by atomic mass is 9.98. The van der Waals surface area contributed by atoms with Gasteiger partial charge >= 0.3 is 12.1 Å². The topological polar surface area (TPSA) is 105 Å². The summed E-state index contributed by atoms with van der Waals surface area (Å²) in [7, 11) is 0. The summed E-state index contributed by atoms with van der Waals surface area (Å²) in [5, 5.41) is 14.2. The highest BCUT2D eigenvalue weighted by molar-refractivity contribution is 5.89. The summed E-state index contributed by atoms with van der Waals surface area (Å²) < 4.78 is 18.9. The quantitative estimate of drug-likeness (QED) is 0.447. The molecule has 8 heteroatoms. The maximum Gasteiger partial charge on any atom is 0.407 e. The minimum absolute atomic E-state index is 0.0287. The minimum Gasteiger partial charge on any atom is -0.481 e. The number of carboxylic acid groups (broad SMARTS) is 1. The fourth-order valence-corrected chi connectivity index (χ4v) is 4.34. The molecule has 0 aliphatic heterocycles. The Balaban J connectivity index is 1.41. The van der Waals surface area contributed by atoms with Crippen LogP contribution in [0.15, 0.2) is 72.8 Å². The highest BCUT2D eigenvalue weighted by Crippen LogP contribution is 2.44. The molecule has 1 unspecified atom stereocenters. The molecule has 0 radical (unpaired) electrons. The maximum absolute atomic E-state index is 13.5. The van der Waals surface area contributed by atoms with E-state index in [1.54, 1.807) is 13.0 Å². The summed E-state index contributed by atoms with van der Waals surface area (Å²) in [6.07, 6.45) is -1.53. The molecular formula is C27H25FN2O5. The molecule has 1 aliphatic carbocycles. The molecule has 180 valence electrons. The van der Waals surface area contributed by atoms with Crippen LogP contribution < -0.4 is 10.6 Å². The van der Waals surface area contributed by atoms with Crippen molar-refractivity contribution in [2.45, 2.75) is 31.3 Å². The lowest BCUT2D eigenvalue weighted by Gasteiger charge is -2.21. The zero-order valence-electron chi connectivity index (χ0n) is 19.0. The third kappa shape index (κ3) is 5.48. The van der Waals surface area contributed by atoms with Crippen molar-refractivity contribution in [3.63, 3.8) is 0 Å². The number of halogens is 1. The molecule has 0 bridgehead atoms. The first kappa shape index (κ1) is 23.9. The number of aliphatic carboxylic acids is 1. The highest BCUT2D eigenvalue weighted by atomic mass is 19.1. The molecular weight excluding hydrogens is 451 g/mol. The van der Waals surface area contributed by atoms with E-state index in [1.165, 1.54) is 18.2 Å². The van der Waals surface area contributed by atoms with Gasteiger partial charge in [0.25, 0.3) is 0 Å². The molecule has 3 aromatic rings. The molecule has 35 heavy (non-hydrogen) atoms. The van der Waals surface area contributed by atoms with Crippen molar-refractivity contribution in [3.8, 4) is 11.1 Å². The molecule has 3 aromatic carbocycles. The maximum atomic E-state index is 13.5. The number of hydrogen-bond acceptors (Lipinski definition) is 4. The zero-order chi connectivity index (χ0) is 24.9. The van der Waals surface area contributed by atoms with Crippen LogP contribution in [0.5, 0.6) is 0 Å². The molecule has 0 fully saturated rings. The summed E-state index contributed by atoms with van der Waals surface area (Å²) in [6, 6.07) is 19.5. The predicted molar refractivity (Wildman–Crippen MR) is 127 cm³/mol. The predicted octanol–water partition coefficient (Wildman–Crippen LogP) is 4.38. The average Bonchev–Trinajstić information content (AvgIpc) is 3.15. The number of amides is 2. The van der Waals surface area contributed by atoms with Gasteiger partial charge in [0.2, 0.25) is 5.91 Å². The number of carbonyl (C=O) groups excluding carboxylic acids is 2. The zero-order valence-corrected chi connectivity index (χ0v) is 19.0. The number of rotatable bonds is 8. The number of hydrogen-bond donors (Lipinski definition) is 3. The Bertz CT molecular complexity index is 1220. The van der Waals surface area contributed by atoms with E-state index in [-0.39, 0.29) is 12.5 Å². The van der Waals surface area contributed by atoms with Gasteiger partial charge in [0.15, 0.2) is 0 Å². The Morgan fingerprint density at radius 1 is 0.943 bits per heavy atom. The van der Waals surface area contributed by atoms with Gasteiger partial charge in [-0.15, -0.1) is 0 Å². The fourth-order valence-electron chi connectivity index (χ4n) is 4.34. The van der Waals surface area contributed by atoms with Crippen molar-refractivity contribution in [1.29, 1.82) is 0 Å². The molecule has 0 saturated heterocycles. The first-order chi connectivity index (χ1) is 16.8. The SMILES string of the molecule is C[C@H](NC(=O)C(CC(=O)O)NC(=O)OCC1c2ccccc2-c2ccccc21)c1cccc(F)c1. The lowest BCUT2D eigenvalue weighted by Crippen LogP contribution is -2.48. The van der Waals surface area contributed by atoms with Gasteiger partial charge in [0.05, 0.1) is 12.5 Å². The molecule has 0 heterocycles. The number of alkyl carbamates (subject to hydrolysis) is 1. The van der Waals surface area contributed by atoms with Gasteiger partial charge in [-0.3, -0.25) is 9.59 Å². The number of carbonyl (C=O) groups is 3. The van der Waals surface area contributed by atoms with Crippen LogP contribution in [0.1, 0.15) is 42.0 Å². The third-order valence-electron chi connectivity index (χ3n) is 6.04. The van der Waals surface area contributed by atoms with Crippen LogP contribution in [0.4, 0.5) is 9.18 Å². The van der Waals surface area contributed by atoms with Crippen LogP contribution in [-0.4, -0.2) is 35.7 Å². The Morgan fingerprint density at radius 2 is 1.57 bits per heavy atom. The first-order valence-electron chi connectivity index (χ1n) is 11.2. The third-order valence-corrected chi connectivity index (χ3v) is 6.04. The molecule has 1 aliphatic rings. The van der Waals surface area contributed by atoms with Crippen LogP contribution in [-0.2, 0) is 14.3 Å². The van der Waals surface area contributed by atoms with Crippen LogP contribution >= 0.6 is 0 Å². The van der Waals surface area contributed by atoms with Gasteiger partial charge in [-0.25, -0.2) is 9.18 Å². The van der Waals surface area contributed by atoms with Crippen LogP contribution in [0.3, 0.4) is 0 Å². The summed E-state index contributed by atoms with van der Waals surface area (Å²) in [4.78, 5) is 36.6. The Morgan fingerprint density at radius 3 is 2.17 bits per heavy atom. The van der Waals surface area contributed by atoms with Crippen molar-refractivity contribution in [1.82, 2.24) is 10.6 Å². The number of fused-ring (bicyclic) bond motifs is 3.